The van der Waals surface area contributed by atoms with Crippen molar-refractivity contribution in [3.63, 3.8) is 0 Å². The van der Waals surface area contributed by atoms with Crippen LogP contribution in [-0.4, -0.2) is 25.1 Å². The summed E-state index contributed by atoms with van der Waals surface area (Å²) < 4.78 is 10.5. The number of halogens is 1. The van der Waals surface area contributed by atoms with Crippen LogP contribution in [0, 0.1) is 0 Å². The Balaban J connectivity index is 1.70. The number of benzene rings is 3. The van der Waals surface area contributed by atoms with Gasteiger partial charge in [-0.05, 0) is 48.0 Å². The standard InChI is InChI=1S/C21H18ClNO4/c1-13(20(24)23-18-12-17(22)9-10-19(18)26-2)27-21(25)16-8-7-14-5-3-4-6-15(14)11-16/h3-13H,1-2H3,(H,23,24). The second-order valence-electron chi connectivity index (χ2n) is 5.94. The van der Waals surface area contributed by atoms with Gasteiger partial charge in [-0.3, -0.25) is 4.79 Å². The molecule has 1 N–H and O–H groups in total. The number of anilines is 1. The van der Waals surface area contributed by atoms with Crippen molar-refractivity contribution < 1.29 is 19.1 Å². The van der Waals surface area contributed by atoms with Gasteiger partial charge >= 0.3 is 5.97 Å². The molecular formula is C21H18ClNO4. The third-order valence-corrected chi connectivity index (χ3v) is 4.29. The monoisotopic (exact) mass is 383 g/mol. The average Bonchev–Trinajstić information content (AvgIpc) is 2.67. The first kappa shape index (κ1) is 18.7. The van der Waals surface area contributed by atoms with E-state index in [9.17, 15) is 9.59 Å². The Morgan fingerprint density at radius 1 is 1.00 bits per heavy atom. The fraction of sp³-hybridized carbons (Fsp3) is 0.143. The second kappa shape index (κ2) is 8.10. The van der Waals surface area contributed by atoms with Crippen LogP contribution in [0.1, 0.15) is 17.3 Å². The van der Waals surface area contributed by atoms with E-state index in [2.05, 4.69) is 5.32 Å². The molecule has 0 aliphatic heterocycles. The number of carbonyl (C=O) groups is 2. The Hall–Kier alpha value is -3.05. The molecule has 0 bridgehead atoms. The number of hydrogen-bond donors (Lipinski definition) is 1. The molecular weight excluding hydrogens is 366 g/mol. The summed E-state index contributed by atoms with van der Waals surface area (Å²) in [5.74, 6) is -0.591. The summed E-state index contributed by atoms with van der Waals surface area (Å²) in [6, 6.07) is 17.8. The molecule has 0 fully saturated rings. The molecule has 0 aliphatic rings. The Morgan fingerprint density at radius 3 is 2.48 bits per heavy atom. The first-order chi connectivity index (χ1) is 13.0. The second-order valence-corrected chi connectivity index (χ2v) is 6.38. The highest BCUT2D eigenvalue weighted by Crippen LogP contribution is 2.28. The molecule has 0 saturated carbocycles. The van der Waals surface area contributed by atoms with Crippen LogP contribution >= 0.6 is 11.6 Å². The lowest BCUT2D eigenvalue weighted by molar-refractivity contribution is -0.123. The summed E-state index contributed by atoms with van der Waals surface area (Å²) in [6.07, 6.45) is -0.993. The van der Waals surface area contributed by atoms with Crippen molar-refractivity contribution in [3.05, 3.63) is 71.2 Å². The fourth-order valence-electron chi connectivity index (χ4n) is 2.61. The van der Waals surface area contributed by atoms with Gasteiger partial charge in [-0.1, -0.05) is 41.9 Å². The van der Waals surface area contributed by atoms with E-state index in [1.54, 1.807) is 30.3 Å². The Morgan fingerprint density at radius 2 is 1.74 bits per heavy atom. The van der Waals surface area contributed by atoms with Gasteiger partial charge in [-0.2, -0.15) is 0 Å². The minimum absolute atomic E-state index is 0.383. The molecule has 6 heteroatoms. The van der Waals surface area contributed by atoms with Crippen LogP contribution < -0.4 is 10.1 Å². The molecule has 0 heterocycles. The predicted molar refractivity (Wildman–Crippen MR) is 105 cm³/mol. The largest absolute Gasteiger partial charge is 0.495 e. The minimum atomic E-state index is -0.993. The van der Waals surface area contributed by atoms with Crippen LogP contribution in [0.5, 0.6) is 5.75 Å². The molecule has 138 valence electrons. The third kappa shape index (κ3) is 4.38. The summed E-state index contributed by atoms with van der Waals surface area (Å²) in [4.78, 5) is 24.8. The van der Waals surface area contributed by atoms with E-state index >= 15 is 0 Å². The summed E-state index contributed by atoms with van der Waals surface area (Å²) in [6.45, 7) is 1.51. The van der Waals surface area contributed by atoms with Crippen molar-refractivity contribution in [3.8, 4) is 5.75 Å². The molecule has 0 radical (unpaired) electrons. The normalized spacial score (nSPS) is 11.7. The molecule has 0 aromatic heterocycles. The van der Waals surface area contributed by atoms with Gasteiger partial charge in [0.2, 0.25) is 0 Å². The van der Waals surface area contributed by atoms with Gasteiger partial charge in [0.1, 0.15) is 5.75 Å². The van der Waals surface area contributed by atoms with E-state index in [-0.39, 0.29) is 0 Å². The molecule has 5 nitrogen and oxygen atoms in total. The fourth-order valence-corrected chi connectivity index (χ4v) is 2.78. The van der Waals surface area contributed by atoms with E-state index < -0.39 is 18.0 Å². The van der Waals surface area contributed by atoms with Crippen LogP contribution in [0.3, 0.4) is 0 Å². The summed E-state index contributed by atoms with van der Waals surface area (Å²) >= 11 is 5.96. The molecule has 1 unspecified atom stereocenters. The maximum absolute atomic E-state index is 12.4. The molecule has 3 aromatic rings. The van der Waals surface area contributed by atoms with Gasteiger partial charge in [0.15, 0.2) is 6.10 Å². The highest BCUT2D eigenvalue weighted by Gasteiger charge is 2.20. The molecule has 1 atom stereocenters. The summed E-state index contributed by atoms with van der Waals surface area (Å²) in [5.41, 5.74) is 0.789. The van der Waals surface area contributed by atoms with E-state index in [1.807, 2.05) is 30.3 Å². The van der Waals surface area contributed by atoms with Gasteiger partial charge in [0.25, 0.3) is 5.91 Å². The SMILES string of the molecule is COc1ccc(Cl)cc1NC(=O)C(C)OC(=O)c1ccc2ccccc2c1. The van der Waals surface area contributed by atoms with Crippen molar-refractivity contribution in [2.24, 2.45) is 0 Å². The highest BCUT2D eigenvalue weighted by molar-refractivity contribution is 6.31. The number of nitrogens with one attached hydrogen (secondary N) is 1. The van der Waals surface area contributed by atoms with Crippen molar-refractivity contribution in [1.82, 2.24) is 0 Å². The number of ether oxygens (including phenoxy) is 2. The number of carbonyl (C=O) groups excluding carboxylic acids is 2. The smallest absolute Gasteiger partial charge is 0.338 e. The molecule has 27 heavy (non-hydrogen) atoms. The van der Waals surface area contributed by atoms with E-state index in [0.29, 0.717) is 22.0 Å². The topological polar surface area (TPSA) is 64.6 Å². The quantitative estimate of drug-likeness (QED) is 0.649. The average molecular weight is 384 g/mol. The maximum atomic E-state index is 12.4. The first-order valence-corrected chi connectivity index (χ1v) is 8.70. The molecule has 0 aliphatic carbocycles. The molecule has 0 spiro atoms. The van der Waals surface area contributed by atoms with Gasteiger partial charge in [0.05, 0.1) is 18.4 Å². The lowest BCUT2D eigenvalue weighted by Crippen LogP contribution is -2.30. The molecule has 3 aromatic carbocycles. The lowest BCUT2D eigenvalue weighted by Gasteiger charge is -2.15. The Bertz CT molecular complexity index is 1000. The van der Waals surface area contributed by atoms with Crippen LogP contribution in [0.25, 0.3) is 10.8 Å². The Labute approximate surface area is 161 Å². The van der Waals surface area contributed by atoms with Gasteiger partial charge in [-0.15, -0.1) is 0 Å². The number of amides is 1. The summed E-state index contributed by atoms with van der Waals surface area (Å²) in [5, 5.41) is 5.06. The number of esters is 1. The zero-order chi connectivity index (χ0) is 19.4. The molecule has 1 amide bonds. The van der Waals surface area contributed by atoms with Gasteiger partial charge in [0, 0.05) is 5.02 Å². The first-order valence-electron chi connectivity index (χ1n) is 8.32. The van der Waals surface area contributed by atoms with Crippen LogP contribution in [0.15, 0.2) is 60.7 Å². The maximum Gasteiger partial charge on any atom is 0.338 e. The van der Waals surface area contributed by atoms with E-state index in [4.69, 9.17) is 21.1 Å². The van der Waals surface area contributed by atoms with Crippen LogP contribution in [0.4, 0.5) is 5.69 Å². The van der Waals surface area contributed by atoms with Gasteiger partial charge < -0.3 is 14.8 Å². The van der Waals surface area contributed by atoms with Gasteiger partial charge in [-0.25, -0.2) is 4.79 Å². The van der Waals surface area contributed by atoms with E-state index in [0.717, 1.165) is 10.8 Å². The van der Waals surface area contributed by atoms with Crippen molar-refractivity contribution in [2.45, 2.75) is 13.0 Å². The lowest BCUT2D eigenvalue weighted by atomic mass is 10.1. The highest BCUT2D eigenvalue weighted by atomic mass is 35.5. The minimum Gasteiger partial charge on any atom is -0.495 e. The third-order valence-electron chi connectivity index (χ3n) is 4.06. The number of fused-ring (bicyclic) bond motifs is 1. The molecule has 3 rings (SSSR count). The van der Waals surface area contributed by atoms with Crippen LogP contribution in [0.2, 0.25) is 5.02 Å². The zero-order valence-electron chi connectivity index (χ0n) is 14.9. The predicted octanol–water partition coefficient (Wildman–Crippen LogP) is 4.69. The summed E-state index contributed by atoms with van der Waals surface area (Å²) in [7, 11) is 1.49. The van der Waals surface area contributed by atoms with Crippen molar-refractivity contribution >= 4 is 39.9 Å². The van der Waals surface area contributed by atoms with E-state index in [1.165, 1.54) is 14.0 Å². The number of hydrogen-bond acceptors (Lipinski definition) is 4. The molecule has 0 saturated heterocycles. The zero-order valence-corrected chi connectivity index (χ0v) is 15.6. The number of methoxy groups -OCH3 is 1. The van der Waals surface area contributed by atoms with Crippen molar-refractivity contribution in [1.29, 1.82) is 0 Å². The van der Waals surface area contributed by atoms with Crippen LogP contribution in [-0.2, 0) is 9.53 Å². The van der Waals surface area contributed by atoms with Crippen molar-refractivity contribution in [2.75, 3.05) is 12.4 Å². The Kier molecular flexibility index (Phi) is 5.62. The number of rotatable bonds is 5.